The summed E-state index contributed by atoms with van der Waals surface area (Å²) in [4.78, 5) is 28.5. The zero-order chi connectivity index (χ0) is 19.1. The molecule has 0 aliphatic carbocycles. The molecular formula is C19H20IN3O3. The lowest BCUT2D eigenvalue weighted by atomic mass is 10.1. The fourth-order valence-corrected chi connectivity index (χ4v) is 2.61. The Kier molecular flexibility index (Phi) is 7.14. The van der Waals surface area contributed by atoms with Crippen LogP contribution in [-0.2, 0) is 14.4 Å². The molecule has 2 aromatic rings. The smallest absolute Gasteiger partial charge is 0.267 e. The van der Waals surface area contributed by atoms with Crippen molar-refractivity contribution in [3.05, 3.63) is 57.7 Å². The van der Waals surface area contributed by atoms with Crippen LogP contribution < -0.4 is 10.6 Å². The number of hydrogen-bond donors (Lipinski definition) is 2. The maximum absolute atomic E-state index is 12.2. The van der Waals surface area contributed by atoms with E-state index in [9.17, 15) is 9.59 Å². The Balaban J connectivity index is 1.94. The van der Waals surface area contributed by atoms with Gasteiger partial charge in [-0.2, -0.15) is 0 Å². The van der Waals surface area contributed by atoms with Crippen LogP contribution in [0.25, 0.3) is 0 Å². The van der Waals surface area contributed by atoms with Crippen LogP contribution in [0.2, 0.25) is 0 Å². The van der Waals surface area contributed by atoms with Crippen molar-refractivity contribution < 1.29 is 14.4 Å². The maximum atomic E-state index is 12.2. The number of nitrogens with zero attached hydrogens (tertiary/aromatic N) is 1. The molecule has 0 fully saturated rings. The number of anilines is 2. The SMILES string of the molecule is CC(=O)Nc1ccc(/C(C)=N/OC(C)C(=O)Nc2cccc(I)c2)cc1. The second kappa shape index (κ2) is 9.33. The van der Waals surface area contributed by atoms with E-state index in [1.54, 1.807) is 26.0 Å². The van der Waals surface area contributed by atoms with Crippen LogP contribution in [0.15, 0.2) is 53.7 Å². The Morgan fingerprint density at radius 1 is 1.04 bits per heavy atom. The van der Waals surface area contributed by atoms with Gasteiger partial charge in [-0.05, 0) is 72.3 Å². The molecule has 2 amide bonds. The summed E-state index contributed by atoms with van der Waals surface area (Å²) >= 11 is 2.18. The molecule has 6 nitrogen and oxygen atoms in total. The van der Waals surface area contributed by atoms with Crippen LogP contribution in [0.5, 0.6) is 0 Å². The molecule has 26 heavy (non-hydrogen) atoms. The monoisotopic (exact) mass is 465 g/mol. The van der Waals surface area contributed by atoms with Crippen molar-refractivity contribution >= 4 is 51.5 Å². The predicted molar refractivity (Wildman–Crippen MR) is 111 cm³/mol. The van der Waals surface area contributed by atoms with Gasteiger partial charge in [-0.15, -0.1) is 0 Å². The third-order valence-corrected chi connectivity index (χ3v) is 4.10. The quantitative estimate of drug-likeness (QED) is 0.384. The van der Waals surface area contributed by atoms with E-state index in [1.807, 2.05) is 36.4 Å². The summed E-state index contributed by atoms with van der Waals surface area (Å²) in [6, 6.07) is 14.7. The number of amides is 2. The number of carbonyl (C=O) groups excluding carboxylic acids is 2. The van der Waals surface area contributed by atoms with Gasteiger partial charge in [0.05, 0.1) is 5.71 Å². The Morgan fingerprint density at radius 3 is 2.35 bits per heavy atom. The molecule has 0 heterocycles. The van der Waals surface area contributed by atoms with Gasteiger partial charge < -0.3 is 15.5 Å². The Bertz CT molecular complexity index is 819. The summed E-state index contributed by atoms with van der Waals surface area (Å²) in [5, 5.41) is 9.53. The first kappa shape index (κ1) is 19.9. The molecular weight excluding hydrogens is 445 g/mol. The van der Waals surface area contributed by atoms with Crippen LogP contribution in [0, 0.1) is 3.57 Å². The first-order valence-electron chi connectivity index (χ1n) is 8.00. The van der Waals surface area contributed by atoms with Crippen LogP contribution in [-0.4, -0.2) is 23.6 Å². The average molecular weight is 465 g/mol. The second-order valence-corrected chi connectivity index (χ2v) is 6.93. The van der Waals surface area contributed by atoms with E-state index < -0.39 is 6.10 Å². The van der Waals surface area contributed by atoms with Crippen molar-refractivity contribution in [2.75, 3.05) is 10.6 Å². The molecule has 0 aromatic heterocycles. The molecule has 0 saturated heterocycles. The number of rotatable bonds is 6. The van der Waals surface area contributed by atoms with Crippen molar-refractivity contribution in [3.63, 3.8) is 0 Å². The van der Waals surface area contributed by atoms with Crippen LogP contribution in [0.3, 0.4) is 0 Å². The molecule has 0 aliphatic rings. The molecule has 0 bridgehead atoms. The fourth-order valence-electron chi connectivity index (χ4n) is 2.07. The highest BCUT2D eigenvalue weighted by atomic mass is 127. The normalized spacial score (nSPS) is 12.2. The largest absolute Gasteiger partial charge is 0.382 e. The van der Waals surface area contributed by atoms with Gasteiger partial charge in [0.2, 0.25) is 12.0 Å². The van der Waals surface area contributed by atoms with E-state index in [2.05, 4.69) is 38.4 Å². The summed E-state index contributed by atoms with van der Waals surface area (Å²) < 4.78 is 1.03. The van der Waals surface area contributed by atoms with Gasteiger partial charge in [-0.1, -0.05) is 23.4 Å². The molecule has 0 radical (unpaired) electrons. The number of benzene rings is 2. The zero-order valence-corrected chi connectivity index (χ0v) is 16.9. The third kappa shape index (κ3) is 6.14. The van der Waals surface area contributed by atoms with E-state index in [0.717, 1.165) is 9.13 Å². The number of oxime groups is 1. The van der Waals surface area contributed by atoms with Crippen molar-refractivity contribution in [2.45, 2.75) is 26.9 Å². The zero-order valence-electron chi connectivity index (χ0n) is 14.7. The van der Waals surface area contributed by atoms with Gasteiger partial charge in [0.15, 0.2) is 0 Å². The molecule has 7 heteroatoms. The van der Waals surface area contributed by atoms with Crippen LogP contribution >= 0.6 is 22.6 Å². The highest BCUT2D eigenvalue weighted by molar-refractivity contribution is 14.1. The minimum absolute atomic E-state index is 0.126. The average Bonchev–Trinajstić information content (AvgIpc) is 2.59. The molecule has 2 aromatic carbocycles. The molecule has 136 valence electrons. The van der Waals surface area contributed by atoms with E-state index in [4.69, 9.17) is 4.84 Å². The Labute approximate surface area is 166 Å². The Hall–Kier alpha value is -2.42. The molecule has 0 saturated carbocycles. The lowest BCUT2D eigenvalue weighted by Crippen LogP contribution is -2.26. The first-order chi connectivity index (χ1) is 12.3. The maximum Gasteiger partial charge on any atom is 0.267 e. The summed E-state index contributed by atoms with van der Waals surface area (Å²) in [6.45, 7) is 4.88. The van der Waals surface area contributed by atoms with Gasteiger partial charge in [0.25, 0.3) is 5.91 Å². The van der Waals surface area contributed by atoms with Gasteiger partial charge in [-0.25, -0.2) is 0 Å². The number of hydrogen-bond acceptors (Lipinski definition) is 4. The van der Waals surface area contributed by atoms with E-state index in [-0.39, 0.29) is 11.8 Å². The molecule has 2 rings (SSSR count). The minimum atomic E-state index is -0.735. The molecule has 2 N–H and O–H groups in total. The van der Waals surface area contributed by atoms with Crippen molar-refractivity contribution in [2.24, 2.45) is 5.16 Å². The van der Waals surface area contributed by atoms with E-state index in [0.29, 0.717) is 17.1 Å². The number of carbonyl (C=O) groups is 2. The second-order valence-electron chi connectivity index (χ2n) is 5.68. The van der Waals surface area contributed by atoms with E-state index >= 15 is 0 Å². The fraction of sp³-hybridized carbons (Fsp3) is 0.211. The lowest BCUT2D eigenvalue weighted by Gasteiger charge is -2.12. The predicted octanol–water partition coefficient (Wildman–Crippen LogP) is 4.02. The standard InChI is InChI=1S/C19H20IN3O3/c1-12(15-7-9-17(10-8-15)21-14(3)24)23-26-13(2)19(25)22-18-6-4-5-16(20)11-18/h4-11,13H,1-3H3,(H,21,24)(H,22,25)/b23-12+. The molecule has 1 atom stereocenters. The van der Waals surface area contributed by atoms with Gasteiger partial charge in [0.1, 0.15) is 0 Å². The van der Waals surface area contributed by atoms with Crippen molar-refractivity contribution in [3.8, 4) is 0 Å². The topological polar surface area (TPSA) is 79.8 Å². The lowest BCUT2D eigenvalue weighted by molar-refractivity contribution is -0.126. The summed E-state index contributed by atoms with van der Waals surface area (Å²) in [5.74, 6) is -0.399. The number of nitrogens with one attached hydrogen (secondary N) is 2. The van der Waals surface area contributed by atoms with Gasteiger partial charge >= 0.3 is 0 Å². The molecule has 1 unspecified atom stereocenters. The highest BCUT2D eigenvalue weighted by Crippen LogP contribution is 2.14. The van der Waals surface area contributed by atoms with Crippen LogP contribution in [0.1, 0.15) is 26.3 Å². The van der Waals surface area contributed by atoms with Gasteiger partial charge in [0, 0.05) is 21.9 Å². The Morgan fingerprint density at radius 2 is 1.73 bits per heavy atom. The highest BCUT2D eigenvalue weighted by Gasteiger charge is 2.14. The van der Waals surface area contributed by atoms with Crippen LogP contribution in [0.4, 0.5) is 11.4 Å². The summed E-state index contributed by atoms with van der Waals surface area (Å²) in [7, 11) is 0. The van der Waals surface area contributed by atoms with Crippen molar-refractivity contribution in [1.82, 2.24) is 0 Å². The van der Waals surface area contributed by atoms with E-state index in [1.165, 1.54) is 6.92 Å². The third-order valence-electron chi connectivity index (χ3n) is 3.43. The molecule has 0 aliphatic heterocycles. The number of halogens is 1. The van der Waals surface area contributed by atoms with Gasteiger partial charge in [-0.3, -0.25) is 9.59 Å². The summed E-state index contributed by atoms with van der Waals surface area (Å²) in [6.07, 6.45) is -0.735. The minimum Gasteiger partial charge on any atom is -0.382 e. The first-order valence-corrected chi connectivity index (χ1v) is 9.08. The summed E-state index contributed by atoms with van der Waals surface area (Å²) in [5.41, 5.74) is 2.89. The molecule has 0 spiro atoms. The van der Waals surface area contributed by atoms with Crippen molar-refractivity contribution in [1.29, 1.82) is 0 Å².